The molecule has 0 fully saturated rings. The van der Waals surface area contributed by atoms with Crippen molar-refractivity contribution in [2.75, 3.05) is 0 Å². The number of hydrogen-bond acceptors (Lipinski definition) is 3. The number of aliphatic hydroxyl groups excluding tert-OH is 1. The van der Waals surface area contributed by atoms with E-state index in [0.29, 0.717) is 0 Å². The zero-order valence-corrected chi connectivity index (χ0v) is 13.0. The normalized spacial score (nSPS) is 13.9. The predicted octanol–water partition coefficient (Wildman–Crippen LogP) is 2.95. The van der Waals surface area contributed by atoms with Gasteiger partial charge in [0.15, 0.2) is 6.10 Å². The third-order valence-corrected chi connectivity index (χ3v) is 3.44. The fraction of sp³-hybridized carbons (Fsp3) is 0.562. The highest BCUT2D eigenvalue weighted by atomic mass is 19.1. The fourth-order valence-corrected chi connectivity index (χ4v) is 1.99. The van der Waals surface area contributed by atoms with Gasteiger partial charge in [-0.1, -0.05) is 13.8 Å². The van der Waals surface area contributed by atoms with E-state index >= 15 is 0 Å². The lowest BCUT2D eigenvalue weighted by atomic mass is 10.1. The first-order chi connectivity index (χ1) is 9.88. The van der Waals surface area contributed by atoms with Gasteiger partial charge in [0.25, 0.3) is 5.91 Å². The van der Waals surface area contributed by atoms with Gasteiger partial charge >= 0.3 is 0 Å². The highest BCUT2D eigenvalue weighted by Crippen LogP contribution is 2.22. The van der Waals surface area contributed by atoms with Gasteiger partial charge in [0.1, 0.15) is 11.6 Å². The molecule has 1 unspecified atom stereocenters. The summed E-state index contributed by atoms with van der Waals surface area (Å²) in [6.07, 6.45) is 0.122. The summed E-state index contributed by atoms with van der Waals surface area (Å²) in [5, 5.41) is 12.3. The van der Waals surface area contributed by atoms with Crippen molar-refractivity contribution < 1.29 is 19.0 Å². The van der Waals surface area contributed by atoms with Crippen LogP contribution >= 0.6 is 0 Å². The van der Waals surface area contributed by atoms with Crippen molar-refractivity contribution in [1.29, 1.82) is 0 Å². The lowest BCUT2D eigenvalue weighted by Gasteiger charge is -2.19. The van der Waals surface area contributed by atoms with Crippen molar-refractivity contribution in [1.82, 2.24) is 5.32 Å². The van der Waals surface area contributed by atoms with Gasteiger partial charge in [-0.05, 0) is 38.8 Å². The molecule has 2 N–H and O–H groups in total. The topological polar surface area (TPSA) is 58.6 Å². The smallest absolute Gasteiger partial charge is 0.260 e. The molecular weight excluding hydrogens is 273 g/mol. The lowest BCUT2D eigenvalue weighted by molar-refractivity contribution is -0.128. The van der Waals surface area contributed by atoms with Crippen molar-refractivity contribution in [2.24, 2.45) is 0 Å². The average molecular weight is 297 g/mol. The first-order valence-corrected chi connectivity index (χ1v) is 7.33. The molecule has 1 aromatic rings. The van der Waals surface area contributed by atoms with E-state index in [4.69, 9.17) is 4.74 Å². The van der Waals surface area contributed by atoms with Gasteiger partial charge in [-0.2, -0.15) is 0 Å². The van der Waals surface area contributed by atoms with E-state index in [2.05, 4.69) is 5.32 Å². The maximum Gasteiger partial charge on any atom is 0.260 e. The second kappa shape index (κ2) is 7.98. The molecule has 1 amide bonds. The number of benzene rings is 1. The Morgan fingerprint density at radius 1 is 1.33 bits per heavy atom. The largest absolute Gasteiger partial charge is 0.481 e. The zero-order chi connectivity index (χ0) is 16.0. The van der Waals surface area contributed by atoms with Crippen molar-refractivity contribution >= 4 is 5.91 Å². The van der Waals surface area contributed by atoms with E-state index < -0.39 is 18.0 Å². The molecule has 1 aromatic carbocycles. The van der Waals surface area contributed by atoms with Crippen LogP contribution in [0.3, 0.4) is 0 Å². The van der Waals surface area contributed by atoms with Crippen LogP contribution in [0.4, 0.5) is 4.39 Å². The van der Waals surface area contributed by atoms with E-state index in [-0.39, 0.29) is 23.3 Å². The number of amides is 1. The predicted molar refractivity (Wildman–Crippen MR) is 79.6 cm³/mol. The molecule has 0 saturated carbocycles. The lowest BCUT2D eigenvalue weighted by Crippen LogP contribution is -2.42. The monoisotopic (exact) mass is 297 g/mol. The standard InChI is InChI=1S/C16H24FNO3/c1-5-12(6-2)18-16(20)11(4)21-13-7-8-14(10(3)19)15(17)9-13/h7-12,19H,5-6H2,1-4H3,(H,18,20)/t10-,11?/m1/s1. The van der Waals surface area contributed by atoms with E-state index in [1.165, 1.54) is 19.1 Å². The summed E-state index contributed by atoms with van der Waals surface area (Å²) in [7, 11) is 0. The zero-order valence-electron chi connectivity index (χ0n) is 13.0. The van der Waals surface area contributed by atoms with Crippen LogP contribution in [0.25, 0.3) is 0 Å². The first-order valence-electron chi connectivity index (χ1n) is 7.33. The molecule has 0 aromatic heterocycles. The second-order valence-corrected chi connectivity index (χ2v) is 5.14. The Morgan fingerprint density at radius 2 is 1.95 bits per heavy atom. The summed E-state index contributed by atoms with van der Waals surface area (Å²) in [5.74, 6) is -0.497. The van der Waals surface area contributed by atoms with Crippen LogP contribution in [0.1, 0.15) is 52.2 Å². The Morgan fingerprint density at radius 3 is 2.43 bits per heavy atom. The number of aliphatic hydroxyl groups is 1. The maximum atomic E-state index is 13.7. The second-order valence-electron chi connectivity index (χ2n) is 5.14. The number of hydrogen-bond donors (Lipinski definition) is 2. The number of rotatable bonds is 7. The minimum Gasteiger partial charge on any atom is -0.481 e. The van der Waals surface area contributed by atoms with E-state index in [0.717, 1.165) is 12.8 Å². The molecule has 5 heteroatoms. The van der Waals surface area contributed by atoms with Crippen LogP contribution in [0.5, 0.6) is 5.75 Å². The first kappa shape index (κ1) is 17.4. The third kappa shape index (κ3) is 5.01. The van der Waals surface area contributed by atoms with Crippen LogP contribution < -0.4 is 10.1 Å². The SMILES string of the molecule is CCC(CC)NC(=O)C(C)Oc1ccc([C@@H](C)O)c(F)c1. The van der Waals surface area contributed by atoms with E-state index in [1.54, 1.807) is 13.0 Å². The molecule has 118 valence electrons. The number of ether oxygens (including phenoxy) is 1. The Labute approximate surface area is 125 Å². The molecule has 2 atom stereocenters. The van der Waals surface area contributed by atoms with Crippen molar-refractivity contribution in [3.8, 4) is 5.75 Å². The number of halogens is 1. The van der Waals surface area contributed by atoms with Gasteiger partial charge in [-0.3, -0.25) is 4.79 Å². The average Bonchev–Trinajstić information content (AvgIpc) is 2.44. The molecule has 0 aliphatic heterocycles. The summed E-state index contributed by atoms with van der Waals surface area (Å²) < 4.78 is 19.2. The fourth-order valence-electron chi connectivity index (χ4n) is 1.99. The Kier molecular flexibility index (Phi) is 6.62. The molecule has 0 spiro atoms. The van der Waals surface area contributed by atoms with Crippen LogP contribution in [0.15, 0.2) is 18.2 Å². The quantitative estimate of drug-likeness (QED) is 0.813. The van der Waals surface area contributed by atoms with Crippen LogP contribution in [0.2, 0.25) is 0 Å². The molecule has 4 nitrogen and oxygen atoms in total. The van der Waals surface area contributed by atoms with Crippen molar-refractivity contribution in [3.63, 3.8) is 0 Å². The number of carbonyl (C=O) groups is 1. The summed E-state index contributed by atoms with van der Waals surface area (Å²) in [4.78, 5) is 12.0. The molecule has 0 radical (unpaired) electrons. The molecule has 0 bridgehead atoms. The van der Waals surface area contributed by atoms with Gasteiger partial charge < -0.3 is 15.2 Å². The van der Waals surface area contributed by atoms with Gasteiger partial charge in [0, 0.05) is 17.7 Å². The van der Waals surface area contributed by atoms with Crippen molar-refractivity contribution in [3.05, 3.63) is 29.6 Å². The minimum absolute atomic E-state index is 0.123. The van der Waals surface area contributed by atoms with Gasteiger partial charge in [-0.15, -0.1) is 0 Å². The Balaban J connectivity index is 2.68. The molecular formula is C16H24FNO3. The molecule has 0 saturated heterocycles. The Bertz CT molecular complexity index is 473. The molecule has 1 rings (SSSR count). The highest BCUT2D eigenvalue weighted by molar-refractivity contribution is 5.81. The number of nitrogens with one attached hydrogen (secondary N) is 1. The molecule has 0 aliphatic carbocycles. The van der Waals surface area contributed by atoms with E-state index in [1.807, 2.05) is 13.8 Å². The summed E-state index contributed by atoms with van der Waals surface area (Å²) >= 11 is 0. The third-order valence-electron chi connectivity index (χ3n) is 3.44. The molecule has 0 heterocycles. The van der Waals surface area contributed by atoms with E-state index in [9.17, 15) is 14.3 Å². The molecule has 21 heavy (non-hydrogen) atoms. The van der Waals surface area contributed by atoms with Gasteiger partial charge in [0.05, 0.1) is 6.10 Å². The Hall–Kier alpha value is -1.62. The summed E-state index contributed by atoms with van der Waals surface area (Å²) in [6.45, 7) is 7.12. The van der Waals surface area contributed by atoms with Crippen molar-refractivity contribution in [2.45, 2.75) is 58.8 Å². The number of carbonyl (C=O) groups excluding carboxylic acids is 1. The summed E-state index contributed by atoms with van der Waals surface area (Å²) in [6, 6.07) is 4.31. The van der Waals surface area contributed by atoms with Crippen LogP contribution in [0, 0.1) is 5.82 Å². The molecule has 0 aliphatic rings. The minimum atomic E-state index is -0.880. The maximum absolute atomic E-state index is 13.7. The van der Waals surface area contributed by atoms with Gasteiger partial charge in [0.2, 0.25) is 0 Å². The highest BCUT2D eigenvalue weighted by Gasteiger charge is 2.18. The summed E-state index contributed by atoms with van der Waals surface area (Å²) in [5.41, 5.74) is 0.205. The van der Waals surface area contributed by atoms with Gasteiger partial charge in [-0.25, -0.2) is 4.39 Å². The van der Waals surface area contributed by atoms with Crippen LogP contribution in [-0.4, -0.2) is 23.2 Å². The van der Waals surface area contributed by atoms with Crippen LogP contribution in [-0.2, 0) is 4.79 Å².